The second kappa shape index (κ2) is 6.80. The molecule has 0 aliphatic heterocycles. The molecule has 1 unspecified atom stereocenters. The Morgan fingerprint density at radius 2 is 2.00 bits per heavy atom. The van der Waals surface area contributed by atoms with Crippen LogP contribution in [0.5, 0.6) is 0 Å². The lowest BCUT2D eigenvalue weighted by Gasteiger charge is -2.19. The maximum atomic E-state index is 13.6. The molecule has 0 heterocycles. The minimum absolute atomic E-state index is 0.0683. The smallest absolute Gasteiger partial charge is 0.137 e. The number of hydrogen-bond acceptors (Lipinski definition) is 2. The van der Waals surface area contributed by atoms with Gasteiger partial charge in [0.25, 0.3) is 0 Å². The summed E-state index contributed by atoms with van der Waals surface area (Å²) in [4.78, 5) is 0. The van der Waals surface area contributed by atoms with Crippen molar-refractivity contribution < 1.29 is 4.39 Å². The Kier molecular flexibility index (Phi) is 5.32. The fourth-order valence-electron chi connectivity index (χ4n) is 2.21. The minimum atomic E-state index is -0.259. The van der Waals surface area contributed by atoms with Gasteiger partial charge in [0.2, 0.25) is 0 Å². The fourth-order valence-corrected chi connectivity index (χ4v) is 3.12. The van der Waals surface area contributed by atoms with Crippen LogP contribution in [-0.4, -0.2) is 0 Å². The maximum Gasteiger partial charge on any atom is 0.137 e. The Hall–Kier alpha value is -0.750. The molecule has 0 saturated carbocycles. The number of halogens is 3. The van der Waals surface area contributed by atoms with Gasteiger partial charge in [-0.1, -0.05) is 34.1 Å². The molecule has 2 rings (SSSR count). The van der Waals surface area contributed by atoms with Gasteiger partial charge in [0, 0.05) is 4.47 Å². The first-order valence-electron chi connectivity index (χ1n) is 6.18. The van der Waals surface area contributed by atoms with Gasteiger partial charge < -0.3 is 0 Å². The molecule has 1 atom stereocenters. The topological polar surface area (TPSA) is 38.0 Å². The molecule has 3 N–H and O–H groups in total. The van der Waals surface area contributed by atoms with Crippen LogP contribution in [-0.2, 0) is 6.42 Å². The summed E-state index contributed by atoms with van der Waals surface area (Å²) in [5.41, 5.74) is 5.94. The number of hydrogen-bond donors (Lipinski definition) is 2. The summed E-state index contributed by atoms with van der Waals surface area (Å²) >= 11 is 6.74. The van der Waals surface area contributed by atoms with Crippen molar-refractivity contribution in [1.82, 2.24) is 5.43 Å². The quantitative estimate of drug-likeness (QED) is 0.588. The second-order valence-corrected chi connectivity index (χ2v) is 6.35. The van der Waals surface area contributed by atoms with Gasteiger partial charge in [-0.2, -0.15) is 0 Å². The van der Waals surface area contributed by atoms with E-state index in [9.17, 15) is 4.39 Å². The minimum Gasteiger partial charge on any atom is -0.271 e. The van der Waals surface area contributed by atoms with Crippen molar-refractivity contribution in [3.8, 4) is 0 Å². The average molecular weight is 402 g/mol. The van der Waals surface area contributed by atoms with Crippen LogP contribution in [0, 0.1) is 12.7 Å². The molecule has 2 nitrogen and oxygen atoms in total. The molecule has 20 heavy (non-hydrogen) atoms. The molecule has 5 heteroatoms. The lowest BCUT2D eigenvalue weighted by molar-refractivity contribution is 0.544. The molecule has 0 spiro atoms. The van der Waals surface area contributed by atoms with Crippen molar-refractivity contribution >= 4 is 31.9 Å². The van der Waals surface area contributed by atoms with Gasteiger partial charge in [-0.15, -0.1) is 0 Å². The fraction of sp³-hybridized carbons (Fsp3) is 0.200. The van der Waals surface area contributed by atoms with Gasteiger partial charge in [-0.25, -0.2) is 4.39 Å². The number of benzene rings is 2. The highest BCUT2D eigenvalue weighted by Gasteiger charge is 2.16. The molecule has 2 aromatic rings. The molecular weight excluding hydrogens is 387 g/mol. The zero-order valence-corrected chi connectivity index (χ0v) is 14.1. The third-order valence-corrected chi connectivity index (χ3v) is 4.65. The SMILES string of the molecule is Cc1cc(Br)ccc1C(Cc1cccc(F)c1Br)NN. The Balaban J connectivity index is 2.31. The Morgan fingerprint density at radius 3 is 2.65 bits per heavy atom. The van der Waals surface area contributed by atoms with E-state index in [0.717, 1.165) is 21.2 Å². The van der Waals surface area contributed by atoms with Crippen LogP contribution in [0.15, 0.2) is 45.3 Å². The number of hydrazine groups is 1. The number of rotatable bonds is 4. The van der Waals surface area contributed by atoms with Crippen molar-refractivity contribution in [1.29, 1.82) is 0 Å². The standard InChI is InChI=1S/C15H15Br2FN2/c1-9-7-11(16)5-6-12(9)14(20-19)8-10-3-2-4-13(18)15(10)17/h2-7,14,20H,8,19H2,1H3. The molecular formula is C15H15Br2FN2. The molecule has 0 amide bonds. The van der Waals surface area contributed by atoms with Crippen molar-refractivity contribution in [2.24, 2.45) is 5.84 Å². The van der Waals surface area contributed by atoms with E-state index in [-0.39, 0.29) is 11.9 Å². The van der Waals surface area contributed by atoms with Crippen LogP contribution < -0.4 is 11.3 Å². The lowest BCUT2D eigenvalue weighted by atomic mass is 9.96. The van der Waals surface area contributed by atoms with Crippen LogP contribution in [0.4, 0.5) is 4.39 Å². The van der Waals surface area contributed by atoms with E-state index in [2.05, 4.69) is 37.3 Å². The van der Waals surface area contributed by atoms with E-state index in [0.29, 0.717) is 10.9 Å². The predicted molar refractivity (Wildman–Crippen MR) is 86.7 cm³/mol. The Morgan fingerprint density at radius 1 is 1.25 bits per heavy atom. The summed E-state index contributed by atoms with van der Waals surface area (Å²) in [6.07, 6.45) is 0.608. The molecule has 0 radical (unpaired) electrons. The molecule has 0 fully saturated rings. The normalized spacial score (nSPS) is 12.4. The summed E-state index contributed by atoms with van der Waals surface area (Å²) in [6.45, 7) is 2.03. The highest BCUT2D eigenvalue weighted by Crippen LogP contribution is 2.28. The first-order valence-corrected chi connectivity index (χ1v) is 7.76. The molecule has 0 bridgehead atoms. The van der Waals surface area contributed by atoms with E-state index >= 15 is 0 Å². The molecule has 0 saturated heterocycles. The van der Waals surface area contributed by atoms with E-state index < -0.39 is 0 Å². The van der Waals surface area contributed by atoms with E-state index in [1.165, 1.54) is 6.07 Å². The van der Waals surface area contributed by atoms with Gasteiger partial charge in [-0.05, 0) is 64.2 Å². The highest BCUT2D eigenvalue weighted by molar-refractivity contribution is 9.10. The van der Waals surface area contributed by atoms with Crippen LogP contribution in [0.3, 0.4) is 0 Å². The average Bonchev–Trinajstić information content (AvgIpc) is 2.41. The van der Waals surface area contributed by atoms with E-state index in [4.69, 9.17) is 5.84 Å². The Bertz CT molecular complexity index is 617. The van der Waals surface area contributed by atoms with Crippen molar-refractivity contribution in [3.05, 3.63) is 67.9 Å². The van der Waals surface area contributed by atoms with Gasteiger partial charge >= 0.3 is 0 Å². The number of nitrogens with two attached hydrogens (primary N) is 1. The molecule has 106 valence electrons. The van der Waals surface area contributed by atoms with Crippen LogP contribution >= 0.6 is 31.9 Å². The van der Waals surface area contributed by atoms with Gasteiger partial charge in [0.05, 0.1) is 10.5 Å². The van der Waals surface area contributed by atoms with Crippen LogP contribution in [0.1, 0.15) is 22.7 Å². The third kappa shape index (κ3) is 3.47. The summed E-state index contributed by atoms with van der Waals surface area (Å²) in [5, 5.41) is 0. The molecule has 0 aliphatic rings. The maximum absolute atomic E-state index is 13.6. The highest BCUT2D eigenvalue weighted by atomic mass is 79.9. The van der Waals surface area contributed by atoms with Crippen molar-refractivity contribution in [2.75, 3.05) is 0 Å². The van der Waals surface area contributed by atoms with Crippen LogP contribution in [0.2, 0.25) is 0 Å². The first-order chi connectivity index (χ1) is 9.52. The van der Waals surface area contributed by atoms with Gasteiger partial charge in [0.15, 0.2) is 0 Å². The summed E-state index contributed by atoms with van der Waals surface area (Å²) < 4.78 is 15.1. The van der Waals surface area contributed by atoms with Gasteiger partial charge in [-0.3, -0.25) is 11.3 Å². The predicted octanol–water partition coefficient (Wildman–Crippen LogP) is 4.41. The van der Waals surface area contributed by atoms with Crippen molar-refractivity contribution in [2.45, 2.75) is 19.4 Å². The number of nitrogens with one attached hydrogen (secondary N) is 1. The molecule has 2 aromatic carbocycles. The second-order valence-electron chi connectivity index (χ2n) is 4.64. The monoisotopic (exact) mass is 400 g/mol. The van der Waals surface area contributed by atoms with Crippen molar-refractivity contribution in [3.63, 3.8) is 0 Å². The van der Waals surface area contributed by atoms with E-state index in [1.54, 1.807) is 6.07 Å². The zero-order chi connectivity index (χ0) is 14.7. The summed E-state index contributed by atoms with van der Waals surface area (Å²) in [5.74, 6) is 5.42. The first kappa shape index (κ1) is 15.6. The Labute approximate surface area is 134 Å². The zero-order valence-electron chi connectivity index (χ0n) is 11.0. The summed E-state index contributed by atoms with van der Waals surface area (Å²) in [7, 11) is 0. The molecule has 0 aromatic heterocycles. The summed E-state index contributed by atoms with van der Waals surface area (Å²) in [6, 6.07) is 11.0. The largest absolute Gasteiger partial charge is 0.271 e. The third-order valence-electron chi connectivity index (χ3n) is 3.26. The molecule has 0 aliphatic carbocycles. The van der Waals surface area contributed by atoms with E-state index in [1.807, 2.05) is 31.2 Å². The lowest BCUT2D eigenvalue weighted by Crippen LogP contribution is -2.30. The number of aryl methyl sites for hydroxylation is 1. The van der Waals surface area contributed by atoms with Gasteiger partial charge in [0.1, 0.15) is 5.82 Å². The van der Waals surface area contributed by atoms with Crippen LogP contribution in [0.25, 0.3) is 0 Å².